The predicted molar refractivity (Wildman–Crippen MR) is 88.9 cm³/mol. The van der Waals surface area contributed by atoms with Gasteiger partial charge in [-0.15, -0.1) is 6.58 Å². The quantitative estimate of drug-likeness (QED) is 0.318. The van der Waals surface area contributed by atoms with Crippen molar-refractivity contribution >= 4 is 34.5 Å². The van der Waals surface area contributed by atoms with Crippen LogP contribution in [0.5, 0.6) is 0 Å². The van der Waals surface area contributed by atoms with Gasteiger partial charge in [0.1, 0.15) is 0 Å². The zero-order valence-corrected chi connectivity index (χ0v) is 14.6. The molecular weight excluding hydrogens is 383 g/mol. The summed E-state index contributed by atoms with van der Waals surface area (Å²) in [5.74, 6) is -1.21. The van der Waals surface area contributed by atoms with Gasteiger partial charge in [-0.2, -0.15) is 0 Å². The maximum Gasteiger partial charge on any atom is 0.323 e. The van der Waals surface area contributed by atoms with Gasteiger partial charge in [0.2, 0.25) is 0 Å². The highest BCUT2D eigenvalue weighted by molar-refractivity contribution is 14.1. The minimum atomic E-state index is -1.39. The Bertz CT molecular complexity index is 535. The second-order valence-corrected chi connectivity index (χ2v) is 5.86. The third-order valence-corrected chi connectivity index (χ3v) is 4.95. The van der Waals surface area contributed by atoms with E-state index in [1.54, 1.807) is 0 Å². The normalized spacial score (nSPS) is 10.9. The Labute approximate surface area is 138 Å². The van der Waals surface area contributed by atoms with Crippen LogP contribution in [0.2, 0.25) is 0 Å². The van der Waals surface area contributed by atoms with Crippen molar-refractivity contribution in [1.29, 1.82) is 0 Å². The van der Waals surface area contributed by atoms with Crippen LogP contribution in [0.4, 0.5) is 0 Å². The van der Waals surface area contributed by atoms with Crippen molar-refractivity contribution in [2.45, 2.75) is 19.8 Å². The lowest BCUT2D eigenvalue weighted by Crippen LogP contribution is -2.43. The van der Waals surface area contributed by atoms with Crippen molar-refractivity contribution in [3.8, 4) is 0 Å². The van der Waals surface area contributed by atoms with Crippen LogP contribution in [-0.4, -0.2) is 26.2 Å². The van der Waals surface area contributed by atoms with Gasteiger partial charge in [0.15, 0.2) is 5.41 Å². The van der Waals surface area contributed by atoms with Gasteiger partial charge in [0.05, 0.1) is 14.2 Å². The number of hydrogen-bond donors (Lipinski definition) is 0. The van der Waals surface area contributed by atoms with Crippen LogP contribution < -0.4 is 0 Å². The van der Waals surface area contributed by atoms with E-state index in [-0.39, 0.29) is 12.8 Å². The average Bonchev–Trinajstić information content (AvgIpc) is 2.49. The zero-order valence-electron chi connectivity index (χ0n) is 12.4. The average molecular weight is 402 g/mol. The second kappa shape index (κ2) is 7.59. The molecule has 0 bridgehead atoms. The Kier molecular flexibility index (Phi) is 6.39. The smallest absolute Gasteiger partial charge is 0.323 e. The molecule has 0 N–H and O–H groups in total. The summed E-state index contributed by atoms with van der Waals surface area (Å²) in [6, 6.07) is 5.79. The van der Waals surface area contributed by atoms with Gasteiger partial charge >= 0.3 is 11.9 Å². The number of methoxy groups -OCH3 is 2. The number of esters is 2. The number of hydrogen-bond acceptors (Lipinski definition) is 4. The molecule has 0 atom stereocenters. The molecule has 0 saturated carbocycles. The lowest BCUT2D eigenvalue weighted by atomic mass is 9.78. The number of allylic oxidation sites excluding steroid dienone is 1. The van der Waals surface area contributed by atoms with Crippen molar-refractivity contribution in [3.05, 3.63) is 45.6 Å². The topological polar surface area (TPSA) is 52.6 Å². The predicted octanol–water partition coefficient (Wildman–Crippen LogP) is 3.05. The van der Waals surface area contributed by atoms with Crippen molar-refractivity contribution in [2.75, 3.05) is 14.2 Å². The minimum absolute atomic E-state index is 0.163. The first-order valence-electron chi connectivity index (χ1n) is 6.44. The van der Waals surface area contributed by atoms with Crippen LogP contribution in [0.3, 0.4) is 0 Å². The molecule has 0 fully saturated rings. The fourth-order valence-corrected chi connectivity index (χ4v) is 2.82. The first kappa shape index (κ1) is 17.7. The molecule has 0 amide bonds. The summed E-state index contributed by atoms with van der Waals surface area (Å²) in [4.78, 5) is 24.5. The first-order chi connectivity index (χ1) is 9.92. The molecule has 0 aliphatic carbocycles. The van der Waals surface area contributed by atoms with E-state index in [0.29, 0.717) is 0 Å². The number of benzene rings is 1. The van der Waals surface area contributed by atoms with E-state index in [1.165, 1.54) is 20.3 Å². The van der Waals surface area contributed by atoms with Gasteiger partial charge in [0.25, 0.3) is 0 Å². The summed E-state index contributed by atoms with van der Waals surface area (Å²) in [6.45, 7) is 5.63. The second-order valence-electron chi connectivity index (χ2n) is 4.78. The van der Waals surface area contributed by atoms with Crippen LogP contribution in [0.15, 0.2) is 30.9 Å². The molecule has 0 aliphatic heterocycles. The molecule has 1 rings (SSSR count). The molecule has 0 radical (unpaired) electrons. The molecule has 0 unspecified atom stereocenters. The summed E-state index contributed by atoms with van der Waals surface area (Å²) < 4.78 is 10.7. The highest BCUT2D eigenvalue weighted by Crippen LogP contribution is 2.33. The van der Waals surface area contributed by atoms with Gasteiger partial charge in [-0.25, -0.2) is 0 Å². The standard InChI is InChI=1S/C16H19IO4/c1-5-9-16(14(18)20-3,15(19)21-4)10-12-8-6-7-11(2)13(12)17/h5-8H,1,9-10H2,2-4H3. The molecule has 1 aromatic carbocycles. The van der Waals surface area contributed by atoms with Crippen molar-refractivity contribution < 1.29 is 19.1 Å². The SMILES string of the molecule is C=CCC(Cc1cccc(C)c1I)(C(=O)OC)C(=O)OC. The van der Waals surface area contributed by atoms with E-state index in [4.69, 9.17) is 9.47 Å². The number of ether oxygens (including phenoxy) is 2. The molecule has 0 spiro atoms. The lowest BCUT2D eigenvalue weighted by molar-refractivity contribution is -0.168. The summed E-state index contributed by atoms with van der Waals surface area (Å²) in [5, 5.41) is 0. The van der Waals surface area contributed by atoms with Crippen LogP contribution in [-0.2, 0) is 25.5 Å². The van der Waals surface area contributed by atoms with Gasteiger partial charge in [-0.1, -0.05) is 24.3 Å². The molecule has 21 heavy (non-hydrogen) atoms. The number of carbonyl (C=O) groups excluding carboxylic acids is 2. The molecule has 1 aromatic rings. The first-order valence-corrected chi connectivity index (χ1v) is 7.52. The Hall–Kier alpha value is -1.37. The molecule has 0 aromatic heterocycles. The molecule has 4 nitrogen and oxygen atoms in total. The Morgan fingerprint density at radius 1 is 1.29 bits per heavy atom. The van der Waals surface area contributed by atoms with Crippen molar-refractivity contribution in [1.82, 2.24) is 0 Å². The fourth-order valence-electron chi connectivity index (χ4n) is 2.27. The van der Waals surface area contributed by atoms with E-state index < -0.39 is 17.4 Å². The highest BCUT2D eigenvalue weighted by atomic mass is 127. The summed E-state index contributed by atoms with van der Waals surface area (Å²) >= 11 is 2.21. The third kappa shape index (κ3) is 3.64. The monoisotopic (exact) mass is 402 g/mol. The third-order valence-electron chi connectivity index (χ3n) is 3.41. The van der Waals surface area contributed by atoms with Crippen LogP contribution >= 0.6 is 22.6 Å². The maximum absolute atomic E-state index is 12.3. The molecule has 114 valence electrons. The van der Waals surface area contributed by atoms with Crippen LogP contribution in [0.25, 0.3) is 0 Å². The Morgan fingerprint density at radius 3 is 2.33 bits per heavy atom. The van der Waals surface area contributed by atoms with Crippen LogP contribution in [0, 0.1) is 15.9 Å². The largest absolute Gasteiger partial charge is 0.468 e. The number of rotatable bonds is 6. The van der Waals surface area contributed by atoms with Gasteiger partial charge in [-0.3, -0.25) is 9.59 Å². The van der Waals surface area contributed by atoms with Crippen LogP contribution in [0.1, 0.15) is 17.5 Å². The van der Waals surface area contributed by atoms with Gasteiger partial charge in [-0.05, 0) is 47.1 Å². The summed E-state index contributed by atoms with van der Waals surface area (Å²) in [6.07, 6.45) is 1.92. The van der Waals surface area contributed by atoms with E-state index in [1.807, 2.05) is 25.1 Å². The van der Waals surface area contributed by atoms with Gasteiger partial charge in [0, 0.05) is 9.99 Å². The van der Waals surface area contributed by atoms with E-state index in [2.05, 4.69) is 29.2 Å². The molecule has 0 aliphatic rings. The van der Waals surface area contributed by atoms with Crippen molar-refractivity contribution in [2.24, 2.45) is 5.41 Å². The molecular formula is C16H19IO4. The number of aryl methyl sites for hydroxylation is 1. The van der Waals surface area contributed by atoms with Crippen molar-refractivity contribution in [3.63, 3.8) is 0 Å². The molecule has 0 heterocycles. The number of carbonyl (C=O) groups is 2. The fraction of sp³-hybridized carbons (Fsp3) is 0.375. The van der Waals surface area contributed by atoms with E-state index >= 15 is 0 Å². The minimum Gasteiger partial charge on any atom is -0.468 e. The lowest BCUT2D eigenvalue weighted by Gasteiger charge is -2.27. The van der Waals surface area contributed by atoms with Gasteiger partial charge < -0.3 is 9.47 Å². The maximum atomic E-state index is 12.3. The summed E-state index contributed by atoms with van der Waals surface area (Å²) in [5.41, 5.74) is 0.613. The highest BCUT2D eigenvalue weighted by Gasteiger charge is 2.47. The molecule has 0 saturated heterocycles. The van der Waals surface area contributed by atoms with E-state index in [9.17, 15) is 9.59 Å². The summed E-state index contributed by atoms with van der Waals surface area (Å²) in [7, 11) is 2.54. The Balaban J connectivity index is 3.35. The Morgan fingerprint density at radius 2 is 1.86 bits per heavy atom. The van der Waals surface area contributed by atoms with E-state index in [0.717, 1.165) is 14.7 Å². The molecule has 5 heteroatoms. The number of halogens is 1. The zero-order chi connectivity index (χ0) is 16.0.